The highest BCUT2D eigenvalue weighted by Gasteiger charge is 2.27. The summed E-state index contributed by atoms with van der Waals surface area (Å²) in [6.07, 6.45) is 6.27. The number of aliphatic imine (C=N–C) groups is 1. The lowest BCUT2D eigenvalue weighted by Gasteiger charge is -2.30. The predicted octanol–water partition coefficient (Wildman–Crippen LogP) is 3.13. The molecule has 1 saturated heterocycles. The van der Waals surface area contributed by atoms with Crippen molar-refractivity contribution in [1.82, 2.24) is 15.5 Å². The number of guanidine groups is 1. The number of carbonyl (C=O) groups excluding carboxylic acids is 1. The first-order chi connectivity index (χ1) is 13.8. The van der Waals surface area contributed by atoms with Crippen LogP contribution in [0.25, 0.3) is 0 Å². The van der Waals surface area contributed by atoms with Crippen LogP contribution in [0, 0.1) is 0 Å². The molecule has 1 aromatic carbocycles. The molecule has 0 radical (unpaired) electrons. The van der Waals surface area contributed by atoms with Crippen molar-refractivity contribution < 1.29 is 9.53 Å². The van der Waals surface area contributed by atoms with Gasteiger partial charge in [-0.2, -0.15) is 0 Å². The number of rotatable bonds is 6. The summed E-state index contributed by atoms with van der Waals surface area (Å²) < 4.78 is 5.41. The molecule has 29 heavy (non-hydrogen) atoms. The van der Waals surface area contributed by atoms with Gasteiger partial charge >= 0.3 is 0 Å². The highest BCUT2D eigenvalue weighted by atomic mass is 127. The third-order valence-corrected chi connectivity index (χ3v) is 5.55. The molecular formula is C22H35IN4O2. The number of hydrogen-bond acceptors (Lipinski definition) is 3. The molecule has 1 aliphatic carbocycles. The van der Waals surface area contributed by atoms with E-state index in [0.717, 1.165) is 18.1 Å². The predicted molar refractivity (Wildman–Crippen MR) is 128 cm³/mol. The molecule has 1 unspecified atom stereocenters. The van der Waals surface area contributed by atoms with Gasteiger partial charge in [0.15, 0.2) is 5.96 Å². The summed E-state index contributed by atoms with van der Waals surface area (Å²) in [4.78, 5) is 20.0. The van der Waals surface area contributed by atoms with Gasteiger partial charge in [-0.05, 0) is 25.3 Å². The van der Waals surface area contributed by atoms with E-state index in [1.807, 2.05) is 35.2 Å². The minimum absolute atomic E-state index is 0. The number of hydrogen-bond donors (Lipinski definition) is 2. The fourth-order valence-electron chi connectivity index (χ4n) is 3.96. The zero-order valence-corrected chi connectivity index (χ0v) is 19.8. The molecule has 1 saturated carbocycles. The summed E-state index contributed by atoms with van der Waals surface area (Å²) in [5, 5.41) is 6.93. The van der Waals surface area contributed by atoms with Crippen LogP contribution in [0.2, 0.25) is 0 Å². The third-order valence-electron chi connectivity index (χ3n) is 5.55. The lowest BCUT2D eigenvalue weighted by atomic mass is 9.95. The Hall–Kier alpha value is -1.35. The number of morpholine rings is 1. The van der Waals surface area contributed by atoms with Gasteiger partial charge in [0.2, 0.25) is 5.91 Å². The standard InChI is InChI=1S/C22H34N4O2.HI/c1-2-23-22(25-19-11-7-4-8-12-19)24-17-20(18-9-5-3-6-10-18)21(27)26-13-15-28-16-14-26;/h3,5-6,9-10,19-20H,2,4,7-8,11-17H2,1H3,(H2,23,24,25);1H. The second-order valence-corrected chi connectivity index (χ2v) is 7.60. The van der Waals surface area contributed by atoms with Crippen molar-refractivity contribution in [3.63, 3.8) is 0 Å². The highest BCUT2D eigenvalue weighted by molar-refractivity contribution is 14.0. The van der Waals surface area contributed by atoms with Gasteiger partial charge in [-0.3, -0.25) is 9.79 Å². The summed E-state index contributed by atoms with van der Waals surface area (Å²) in [5.74, 6) is 0.706. The van der Waals surface area contributed by atoms with E-state index in [2.05, 4.69) is 17.6 Å². The first-order valence-electron chi connectivity index (χ1n) is 10.7. The summed E-state index contributed by atoms with van der Waals surface area (Å²) in [6, 6.07) is 10.5. The van der Waals surface area contributed by atoms with Gasteiger partial charge in [-0.1, -0.05) is 49.6 Å². The van der Waals surface area contributed by atoms with Gasteiger partial charge in [0.25, 0.3) is 0 Å². The van der Waals surface area contributed by atoms with Crippen LogP contribution in [0.5, 0.6) is 0 Å². The molecule has 2 fully saturated rings. The molecular weight excluding hydrogens is 479 g/mol. The normalized spacial score (nSPS) is 19.2. The average molecular weight is 514 g/mol. The lowest BCUT2D eigenvalue weighted by Crippen LogP contribution is -2.45. The Morgan fingerprint density at radius 1 is 1.17 bits per heavy atom. The van der Waals surface area contributed by atoms with Crippen LogP contribution in [0.15, 0.2) is 35.3 Å². The number of ether oxygens (including phenoxy) is 1. The Morgan fingerprint density at radius 3 is 2.52 bits per heavy atom. The monoisotopic (exact) mass is 514 g/mol. The van der Waals surface area contributed by atoms with E-state index in [0.29, 0.717) is 38.9 Å². The van der Waals surface area contributed by atoms with Gasteiger partial charge in [-0.25, -0.2) is 0 Å². The Bertz CT molecular complexity index is 629. The maximum Gasteiger partial charge on any atom is 0.232 e. The summed E-state index contributed by atoms with van der Waals surface area (Å²) >= 11 is 0. The van der Waals surface area contributed by atoms with Crippen LogP contribution < -0.4 is 10.6 Å². The molecule has 6 nitrogen and oxygen atoms in total. The molecule has 0 aromatic heterocycles. The molecule has 1 atom stereocenters. The summed E-state index contributed by atoms with van der Waals surface area (Å²) in [6.45, 7) is 5.88. The van der Waals surface area contributed by atoms with Gasteiger partial charge in [0.05, 0.1) is 25.7 Å². The maximum atomic E-state index is 13.2. The van der Waals surface area contributed by atoms with Crippen molar-refractivity contribution in [3.8, 4) is 0 Å². The van der Waals surface area contributed by atoms with Crippen molar-refractivity contribution in [1.29, 1.82) is 0 Å². The zero-order chi connectivity index (χ0) is 19.6. The number of amides is 1. The molecule has 3 rings (SSSR count). The van der Waals surface area contributed by atoms with Crippen LogP contribution in [-0.2, 0) is 9.53 Å². The topological polar surface area (TPSA) is 66.0 Å². The highest BCUT2D eigenvalue weighted by Crippen LogP contribution is 2.21. The van der Waals surface area contributed by atoms with Crippen molar-refractivity contribution in [2.24, 2.45) is 4.99 Å². The number of benzene rings is 1. The van der Waals surface area contributed by atoms with Crippen molar-refractivity contribution in [3.05, 3.63) is 35.9 Å². The molecule has 2 aliphatic rings. The maximum absolute atomic E-state index is 13.2. The van der Waals surface area contributed by atoms with Gasteiger partial charge in [0.1, 0.15) is 0 Å². The Labute approximate surface area is 191 Å². The first kappa shape index (κ1) is 23.9. The number of nitrogens with zero attached hydrogens (tertiary/aromatic N) is 2. The Kier molecular flexibility index (Phi) is 10.8. The fourth-order valence-corrected chi connectivity index (χ4v) is 3.96. The van der Waals surface area contributed by atoms with E-state index in [-0.39, 0.29) is 35.8 Å². The van der Waals surface area contributed by atoms with E-state index in [9.17, 15) is 4.79 Å². The van der Waals surface area contributed by atoms with E-state index in [1.165, 1.54) is 32.1 Å². The van der Waals surface area contributed by atoms with Crippen molar-refractivity contribution in [2.45, 2.75) is 51.0 Å². The van der Waals surface area contributed by atoms with Gasteiger partial charge < -0.3 is 20.3 Å². The van der Waals surface area contributed by atoms with E-state index in [4.69, 9.17) is 9.73 Å². The molecule has 2 N–H and O–H groups in total. The van der Waals surface area contributed by atoms with Gasteiger partial charge in [0, 0.05) is 25.7 Å². The third kappa shape index (κ3) is 7.44. The van der Waals surface area contributed by atoms with Crippen LogP contribution in [0.1, 0.15) is 50.5 Å². The molecule has 1 aromatic rings. The lowest BCUT2D eigenvalue weighted by molar-refractivity contribution is -0.136. The summed E-state index contributed by atoms with van der Waals surface area (Å²) in [7, 11) is 0. The van der Waals surface area contributed by atoms with E-state index >= 15 is 0 Å². The van der Waals surface area contributed by atoms with Crippen LogP contribution in [0.3, 0.4) is 0 Å². The smallest absolute Gasteiger partial charge is 0.232 e. The molecule has 0 bridgehead atoms. The Morgan fingerprint density at radius 2 is 1.86 bits per heavy atom. The van der Waals surface area contributed by atoms with E-state index < -0.39 is 0 Å². The molecule has 1 amide bonds. The number of nitrogens with one attached hydrogen (secondary N) is 2. The zero-order valence-electron chi connectivity index (χ0n) is 17.4. The minimum atomic E-state index is -0.263. The Balaban J connectivity index is 0.00000300. The average Bonchev–Trinajstić information content (AvgIpc) is 2.76. The summed E-state index contributed by atoms with van der Waals surface area (Å²) in [5.41, 5.74) is 1.02. The van der Waals surface area contributed by atoms with Crippen molar-refractivity contribution >= 4 is 35.8 Å². The van der Waals surface area contributed by atoms with Crippen molar-refractivity contribution in [2.75, 3.05) is 39.4 Å². The van der Waals surface area contributed by atoms with Gasteiger partial charge in [-0.15, -0.1) is 24.0 Å². The quantitative estimate of drug-likeness (QED) is 0.348. The molecule has 1 aliphatic heterocycles. The molecule has 7 heteroatoms. The first-order valence-corrected chi connectivity index (χ1v) is 10.7. The van der Waals surface area contributed by atoms with Crippen LogP contribution in [0.4, 0.5) is 0 Å². The largest absolute Gasteiger partial charge is 0.378 e. The second kappa shape index (κ2) is 13.1. The SMILES string of the molecule is CCNC(=NCC(C(=O)N1CCOCC1)c1ccccc1)NC1CCCCC1.I. The second-order valence-electron chi connectivity index (χ2n) is 7.60. The number of carbonyl (C=O) groups is 1. The van der Waals surface area contributed by atoms with E-state index in [1.54, 1.807) is 0 Å². The molecule has 1 heterocycles. The minimum Gasteiger partial charge on any atom is -0.378 e. The van der Waals surface area contributed by atoms with Crippen LogP contribution in [-0.4, -0.2) is 62.2 Å². The number of halogens is 1. The fraction of sp³-hybridized carbons (Fsp3) is 0.636. The molecule has 0 spiro atoms. The molecule has 162 valence electrons. The van der Waals surface area contributed by atoms with Crippen LogP contribution >= 0.6 is 24.0 Å².